The lowest BCUT2D eigenvalue weighted by atomic mass is 10.1. The Kier molecular flexibility index (Phi) is 13.1. The number of benzene rings is 2. The summed E-state index contributed by atoms with van der Waals surface area (Å²) in [5.41, 5.74) is 1.76. The lowest BCUT2D eigenvalue weighted by Crippen LogP contribution is -2.27. The summed E-state index contributed by atoms with van der Waals surface area (Å²) in [5.74, 6) is 5.91. The molecule has 0 spiro atoms. The van der Waals surface area contributed by atoms with Gasteiger partial charge >= 0.3 is 12.1 Å². The van der Waals surface area contributed by atoms with Crippen molar-refractivity contribution in [2.45, 2.75) is 78.1 Å². The Bertz CT molecular complexity index is 960. The number of hydrogen-bond acceptors (Lipinski definition) is 4. The van der Waals surface area contributed by atoms with Gasteiger partial charge in [-0.25, -0.2) is 4.79 Å². The van der Waals surface area contributed by atoms with Crippen molar-refractivity contribution in [1.82, 2.24) is 5.06 Å². The second kappa shape index (κ2) is 16.0. The second-order valence-corrected chi connectivity index (χ2v) is 8.59. The van der Waals surface area contributed by atoms with Crippen LogP contribution in [0.15, 0.2) is 48.5 Å². The molecule has 0 atom stereocenters. The fraction of sp³-hybridized carbons (Fsp3) is 0.483. The van der Waals surface area contributed by atoms with Crippen LogP contribution in [0, 0.1) is 11.8 Å². The van der Waals surface area contributed by atoms with Crippen LogP contribution < -0.4 is 0 Å². The first kappa shape index (κ1) is 29.4. The predicted octanol–water partition coefficient (Wildman–Crippen LogP) is 7.30. The number of esters is 1. The van der Waals surface area contributed by atoms with Crippen molar-refractivity contribution >= 4 is 5.97 Å². The Morgan fingerprint density at radius 3 is 2.03 bits per heavy atom. The summed E-state index contributed by atoms with van der Waals surface area (Å²) >= 11 is 0. The van der Waals surface area contributed by atoms with Crippen LogP contribution in [0.1, 0.15) is 81.0 Å². The third-order valence-electron chi connectivity index (χ3n) is 5.51. The maximum atomic E-state index is 12.9. The van der Waals surface area contributed by atoms with Crippen LogP contribution in [-0.4, -0.2) is 24.2 Å². The molecule has 0 unspecified atom stereocenters. The minimum atomic E-state index is -4.39. The van der Waals surface area contributed by atoms with Crippen LogP contribution in [0.2, 0.25) is 0 Å². The molecule has 196 valence electrons. The Morgan fingerprint density at radius 2 is 1.44 bits per heavy atom. The fourth-order valence-electron chi connectivity index (χ4n) is 3.55. The van der Waals surface area contributed by atoms with E-state index in [2.05, 4.69) is 18.8 Å². The molecule has 0 aliphatic heterocycles. The van der Waals surface area contributed by atoms with Crippen molar-refractivity contribution in [3.63, 3.8) is 0 Å². The van der Waals surface area contributed by atoms with Crippen molar-refractivity contribution in [2.24, 2.45) is 0 Å². The van der Waals surface area contributed by atoms with Crippen molar-refractivity contribution in [2.75, 3.05) is 13.2 Å². The van der Waals surface area contributed by atoms with E-state index >= 15 is 0 Å². The molecule has 4 nitrogen and oxygen atoms in total. The molecule has 0 bridgehead atoms. The van der Waals surface area contributed by atoms with Gasteiger partial charge in [-0.05, 0) is 48.7 Å². The lowest BCUT2D eigenvalue weighted by molar-refractivity contribution is -0.193. The molecule has 0 saturated heterocycles. The molecule has 0 heterocycles. The van der Waals surface area contributed by atoms with E-state index < -0.39 is 17.7 Å². The summed E-state index contributed by atoms with van der Waals surface area (Å²) in [4.78, 5) is 17.4. The highest BCUT2D eigenvalue weighted by Crippen LogP contribution is 2.29. The summed E-state index contributed by atoms with van der Waals surface area (Å²) in [6, 6.07) is 12.6. The number of ether oxygens (including phenoxy) is 1. The first-order valence-electron chi connectivity index (χ1n) is 12.6. The van der Waals surface area contributed by atoms with Gasteiger partial charge in [0.25, 0.3) is 0 Å². The van der Waals surface area contributed by atoms with Gasteiger partial charge in [0.1, 0.15) is 0 Å². The molecule has 0 radical (unpaired) electrons. The summed E-state index contributed by atoms with van der Waals surface area (Å²) < 4.78 is 43.5. The van der Waals surface area contributed by atoms with Gasteiger partial charge in [0.05, 0.1) is 12.2 Å². The maximum Gasteiger partial charge on any atom is 0.416 e. The molecule has 0 fully saturated rings. The first-order chi connectivity index (χ1) is 17.3. The van der Waals surface area contributed by atoms with E-state index in [9.17, 15) is 18.0 Å². The van der Waals surface area contributed by atoms with Gasteiger partial charge < -0.3 is 4.74 Å². The Morgan fingerprint density at radius 1 is 0.861 bits per heavy atom. The summed E-state index contributed by atoms with van der Waals surface area (Å²) in [5, 5.41) is 1.54. The Balaban J connectivity index is 1.95. The molecule has 0 amide bonds. The van der Waals surface area contributed by atoms with E-state index in [0.717, 1.165) is 36.1 Å². The smallest absolute Gasteiger partial charge is 0.416 e. The largest absolute Gasteiger partial charge is 0.464 e. The van der Waals surface area contributed by atoms with Crippen LogP contribution in [0.3, 0.4) is 0 Å². The molecule has 0 aliphatic rings. The SMILES string of the molecule is CCCCCCCCC#Cc1ccc(CN(Cc2ccc(C(F)(F)F)cc2)OCC(=O)OCC)cc1. The standard InChI is InChI=1S/C29H36F3NO3/c1-3-5-6-7-8-9-10-11-12-24-13-15-25(16-14-24)21-33(36-23-28(34)35-4-2)22-26-17-19-27(20-18-26)29(30,31)32/h13-20H,3-10,21-23H2,1-2H3. The van der Waals surface area contributed by atoms with Gasteiger partial charge in [0.2, 0.25) is 0 Å². The lowest BCUT2D eigenvalue weighted by Gasteiger charge is -2.22. The Hall–Kier alpha value is -2.82. The number of hydrogen-bond donors (Lipinski definition) is 0. The van der Waals surface area contributed by atoms with Gasteiger partial charge in [-0.2, -0.15) is 18.2 Å². The molecule has 0 aromatic heterocycles. The van der Waals surface area contributed by atoms with Crippen LogP contribution in [0.25, 0.3) is 0 Å². The molecule has 2 aromatic rings. The third-order valence-corrected chi connectivity index (χ3v) is 5.51. The minimum absolute atomic E-state index is 0.206. The second-order valence-electron chi connectivity index (χ2n) is 8.59. The average Bonchev–Trinajstić information content (AvgIpc) is 2.85. The molecular weight excluding hydrogens is 467 g/mol. The maximum absolute atomic E-state index is 12.9. The van der Waals surface area contributed by atoms with Crippen LogP contribution in [0.5, 0.6) is 0 Å². The monoisotopic (exact) mass is 503 g/mol. The van der Waals surface area contributed by atoms with Crippen LogP contribution in [0.4, 0.5) is 13.2 Å². The number of halogens is 3. The quantitative estimate of drug-likeness (QED) is 0.117. The Labute approximate surface area is 212 Å². The van der Waals surface area contributed by atoms with Crippen LogP contribution in [-0.2, 0) is 33.6 Å². The van der Waals surface area contributed by atoms with E-state index in [1.54, 1.807) is 12.0 Å². The molecule has 36 heavy (non-hydrogen) atoms. The number of alkyl halides is 3. The molecular formula is C29H36F3NO3. The zero-order chi connectivity index (χ0) is 26.2. The zero-order valence-electron chi connectivity index (χ0n) is 21.2. The number of carbonyl (C=O) groups excluding carboxylic acids is 1. The molecule has 0 N–H and O–H groups in total. The summed E-state index contributed by atoms with van der Waals surface area (Å²) in [7, 11) is 0. The summed E-state index contributed by atoms with van der Waals surface area (Å²) in [6.45, 7) is 4.42. The number of nitrogens with zero attached hydrogens (tertiary/aromatic N) is 1. The van der Waals surface area contributed by atoms with E-state index in [0.29, 0.717) is 12.1 Å². The molecule has 0 saturated carbocycles. The number of rotatable bonds is 14. The molecule has 0 aliphatic carbocycles. The normalized spacial score (nSPS) is 11.3. The third kappa shape index (κ3) is 11.7. The van der Waals surface area contributed by atoms with E-state index in [1.165, 1.54) is 44.2 Å². The topological polar surface area (TPSA) is 38.8 Å². The average molecular weight is 504 g/mol. The zero-order valence-corrected chi connectivity index (χ0v) is 21.2. The highest BCUT2D eigenvalue weighted by atomic mass is 19.4. The van der Waals surface area contributed by atoms with Crippen molar-refractivity contribution in [3.05, 3.63) is 70.8 Å². The van der Waals surface area contributed by atoms with Crippen molar-refractivity contribution in [3.8, 4) is 11.8 Å². The van der Waals surface area contributed by atoms with E-state index in [1.807, 2.05) is 24.3 Å². The number of carbonyl (C=O) groups is 1. The van der Waals surface area contributed by atoms with Gasteiger partial charge in [-0.15, -0.1) is 0 Å². The molecule has 2 aromatic carbocycles. The van der Waals surface area contributed by atoms with Crippen molar-refractivity contribution in [1.29, 1.82) is 0 Å². The number of hydroxylamine groups is 2. The summed E-state index contributed by atoms with van der Waals surface area (Å²) in [6.07, 6.45) is 3.94. The van der Waals surface area contributed by atoms with Gasteiger partial charge in [0.15, 0.2) is 6.61 Å². The van der Waals surface area contributed by atoms with Gasteiger partial charge in [-0.1, -0.05) is 75.1 Å². The fourth-order valence-corrected chi connectivity index (χ4v) is 3.55. The first-order valence-corrected chi connectivity index (χ1v) is 12.6. The molecule has 7 heteroatoms. The predicted molar refractivity (Wildman–Crippen MR) is 135 cm³/mol. The van der Waals surface area contributed by atoms with E-state index in [-0.39, 0.29) is 19.8 Å². The highest BCUT2D eigenvalue weighted by molar-refractivity contribution is 5.70. The van der Waals surface area contributed by atoms with Gasteiger partial charge in [-0.3, -0.25) is 4.84 Å². The van der Waals surface area contributed by atoms with Crippen molar-refractivity contribution < 1.29 is 27.5 Å². The number of unbranched alkanes of at least 4 members (excludes halogenated alkanes) is 6. The highest BCUT2D eigenvalue weighted by Gasteiger charge is 2.30. The van der Waals surface area contributed by atoms with Crippen LogP contribution >= 0.6 is 0 Å². The van der Waals surface area contributed by atoms with E-state index in [4.69, 9.17) is 9.57 Å². The minimum Gasteiger partial charge on any atom is -0.464 e. The van der Waals surface area contributed by atoms with Gasteiger partial charge in [0, 0.05) is 25.1 Å². The molecule has 2 rings (SSSR count).